The molecule has 0 amide bonds. The molecule has 0 fully saturated rings. The Morgan fingerprint density at radius 2 is 2.60 bits per heavy atom. The summed E-state index contributed by atoms with van der Waals surface area (Å²) in [4.78, 5) is 6.71. The van der Waals surface area contributed by atoms with Gasteiger partial charge in [-0.15, -0.1) is 11.6 Å². The number of imidazole rings is 1. The lowest BCUT2D eigenvalue weighted by atomic mass is 10.2. The summed E-state index contributed by atoms with van der Waals surface area (Å²) < 4.78 is 0. The van der Waals surface area contributed by atoms with Gasteiger partial charge in [0, 0.05) is 18.3 Å². The van der Waals surface area contributed by atoms with Gasteiger partial charge in [-0.1, -0.05) is 0 Å². The van der Waals surface area contributed by atoms with Crippen molar-refractivity contribution in [2.75, 3.05) is 6.61 Å². The van der Waals surface area contributed by atoms with E-state index in [1.807, 2.05) is 0 Å². The number of aromatic amines is 1. The quantitative estimate of drug-likeness (QED) is 0.635. The van der Waals surface area contributed by atoms with Crippen LogP contribution in [-0.4, -0.2) is 27.1 Å². The lowest BCUT2D eigenvalue weighted by Crippen LogP contribution is -2.08. The molecule has 0 aromatic carbocycles. The van der Waals surface area contributed by atoms with Crippen molar-refractivity contribution in [2.45, 2.75) is 11.8 Å². The first kappa shape index (κ1) is 7.57. The molecule has 0 aliphatic heterocycles. The summed E-state index contributed by atoms with van der Waals surface area (Å²) >= 11 is 5.66. The monoisotopic (exact) mass is 160 g/mol. The van der Waals surface area contributed by atoms with Gasteiger partial charge in [0.05, 0.1) is 18.3 Å². The zero-order chi connectivity index (χ0) is 7.40. The van der Waals surface area contributed by atoms with Gasteiger partial charge in [-0.25, -0.2) is 4.98 Å². The Kier molecular flexibility index (Phi) is 2.71. The molecule has 0 saturated heterocycles. The van der Waals surface area contributed by atoms with Crippen LogP contribution in [0.15, 0.2) is 12.5 Å². The zero-order valence-electron chi connectivity index (χ0n) is 5.42. The minimum Gasteiger partial charge on any atom is -0.395 e. The molecule has 0 aliphatic rings. The number of halogens is 1. The van der Waals surface area contributed by atoms with Crippen LogP contribution in [-0.2, 0) is 6.42 Å². The van der Waals surface area contributed by atoms with Gasteiger partial charge in [-0.3, -0.25) is 0 Å². The first-order valence-electron chi connectivity index (χ1n) is 3.05. The average Bonchev–Trinajstić information content (AvgIpc) is 2.40. The van der Waals surface area contributed by atoms with Crippen molar-refractivity contribution >= 4 is 11.6 Å². The van der Waals surface area contributed by atoms with Crippen LogP contribution in [0.2, 0.25) is 0 Å². The smallest absolute Gasteiger partial charge is 0.0921 e. The van der Waals surface area contributed by atoms with Gasteiger partial charge in [0.1, 0.15) is 0 Å². The second-order valence-electron chi connectivity index (χ2n) is 2.06. The maximum atomic E-state index is 8.57. The highest BCUT2D eigenvalue weighted by molar-refractivity contribution is 6.20. The van der Waals surface area contributed by atoms with Crippen LogP contribution in [0.25, 0.3) is 0 Å². The summed E-state index contributed by atoms with van der Waals surface area (Å²) in [7, 11) is 0. The minimum absolute atomic E-state index is 0.000571. The van der Waals surface area contributed by atoms with Crippen LogP contribution < -0.4 is 0 Å². The topological polar surface area (TPSA) is 48.9 Å². The Labute approximate surface area is 64.1 Å². The zero-order valence-corrected chi connectivity index (χ0v) is 6.17. The summed E-state index contributed by atoms with van der Waals surface area (Å²) in [6.45, 7) is 0.000571. The highest BCUT2D eigenvalue weighted by atomic mass is 35.5. The number of rotatable bonds is 3. The normalized spacial score (nSPS) is 13.4. The highest BCUT2D eigenvalue weighted by Gasteiger charge is 2.03. The summed E-state index contributed by atoms with van der Waals surface area (Å²) in [5, 5.41) is 8.36. The molecule has 0 unspecified atom stereocenters. The molecule has 0 bridgehead atoms. The lowest BCUT2D eigenvalue weighted by molar-refractivity contribution is 0.291. The standard InChI is InChI=1S/C6H9ClN2O/c7-5(3-10)1-6-2-8-4-9-6/h2,4-5,10H,1,3H2,(H,8,9)/t5-/m0/s1. The fourth-order valence-corrected chi connectivity index (χ4v) is 0.866. The number of hydrogen-bond acceptors (Lipinski definition) is 2. The van der Waals surface area contributed by atoms with Gasteiger partial charge in [0.15, 0.2) is 0 Å². The van der Waals surface area contributed by atoms with Crippen LogP contribution in [0.5, 0.6) is 0 Å². The molecule has 4 heteroatoms. The van der Waals surface area contributed by atoms with Crippen LogP contribution in [0.4, 0.5) is 0 Å². The second kappa shape index (κ2) is 3.58. The third kappa shape index (κ3) is 2.01. The van der Waals surface area contributed by atoms with E-state index in [0.717, 1.165) is 5.69 Å². The number of aliphatic hydroxyl groups excluding tert-OH is 1. The number of aromatic nitrogens is 2. The molecule has 0 saturated carbocycles. The van der Waals surface area contributed by atoms with E-state index in [4.69, 9.17) is 16.7 Å². The maximum absolute atomic E-state index is 8.57. The van der Waals surface area contributed by atoms with Crippen LogP contribution >= 0.6 is 11.6 Å². The van der Waals surface area contributed by atoms with Crippen molar-refractivity contribution in [3.63, 3.8) is 0 Å². The second-order valence-corrected chi connectivity index (χ2v) is 2.68. The number of aliphatic hydroxyl groups is 1. The minimum atomic E-state index is -0.208. The molecule has 0 aliphatic carbocycles. The van der Waals surface area contributed by atoms with Gasteiger partial charge >= 0.3 is 0 Å². The van der Waals surface area contributed by atoms with Crippen LogP contribution in [0.1, 0.15) is 5.69 Å². The van der Waals surface area contributed by atoms with E-state index in [9.17, 15) is 0 Å². The molecule has 1 aromatic rings. The number of nitrogens with zero attached hydrogens (tertiary/aromatic N) is 1. The van der Waals surface area contributed by atoms with Crippen LogP contribution in [0, 0.1) is 0 Å². The van der Waals surface area contributed by atoms with Gasteiger partial charge in [0.2, 0.25) is 0 Å². The van der Waals surface area contributed by atoms with E-state index in [0.29, 0.717) is 6.42 Å². The first-order chi connectivity index (χ1) is 4.83. The molecule has 10 heavy (non-hydrogen) atoms. The molecule has 0 radical (unpaired) electrons. The van der Waals surface area contributed by atoms with Crippen molar-refractivity contribution < 1.29 is 5.11 Å². The summed E-state index contributed by atoms with van der Waals surface area (Å²) in [5.41, 5.74) is 0.953. The lowest BCUT2D eigenvalue weighted by Gasteiger charge is -2.00. The first-order valence-corrected chi connectivity index (χ1v) is 3.48. The Hall–Kier alpha value is -0.540. The van der Waals surface area contributed by atoms with Gasteiger partial charge < -0.3 is 10.1 Å². The molecule has 1 atom stereocenters. The fourth-order valence-electron chi connectivity index (χ4n) is 0.699. The molecule has 56 valence electrons. The van der Waals surface area contributed by atoms with E-state index < -0.39 is 0 Å². The Morgan fingerprint density at radius 1 is 1.80 bits per heavy atom. The van der Waals surface area contributed by atoms with Crippen molar-refractivity contribution in [3.8, 4) is 0 Å². The van der Waals surface area contributed by atoms with Crippen molar-refractivity contribution in [2.24, 2.45) is 0 Å². The van der Waals surface area contributed by atoms with Gasteiger partial charge in [-0.2, -0.15) is 0 Å². The Bertz CT molecular complexity index is 176. The SMILES string of the molecule is OC[C@@H](Cl)Cc1cnc[nH]1. The predicted molar refractivity (Wildman–Crippen MR) is 39.0 cm³/mol. The van der Waals surface area contributed by atoms with Crippen molar-refractivity contribution in [1.29, 1.82) is 0 Å². The van der Waals surface area contributed by atoms with Crippen LogP contribution in [0.3, 0.4) is 0 Å². The number of hydrogen-bond donors (Lipinski definition) is 2. The Morgan fingerprint density at radius 3 is 3.10 bits per heavy atom. The van der Waals surface area contributed by atoms with E-state index in [-0.39, 0.29) is 12.0 Å². The van der Waals surface area contributed by atoms with Crippen molar-refractivity contribution in [1.82, 2.24) is 9.97 Å². The predicted octanol–water partition coefficient (Wildman–Crippen LogP) is 0.552. The molecule has 3 nitrogen and oxygen atoms in total. The summed E-state index contributed by atoms with van der Waals surface area (Å²) in [6, 6.07) is 0. The largest absolute Gasteiger partial charge is 0.395 e. The molecule has 2 N–H and O–H groups in total. The number of H-pyrrole nitrogens is 1. The van der Waals surface area contributed by atoms with Crippen molar-refractivity contribution in [3.05, 3.63) is 18.2 Å². The van der Waals surface area contributed by atoms with E-state index >= 15 is 0 Å². The number of alkyl halides is 1. The molecule has 1 heterocycles. The van der Waals surface area contributed by atoms with E-state index in [1.165, 1.54) is 0 Å². The molecular formula is C6H9ClN2O. The third-order valence-corrected chi connectivity index (χ3v) is 1.49. The third-order valence-electron chi connectivity index (χ3n) is 1.19. The Balaban J connectivity index is 2.40. The number of nitrogens with one attached hydrogen (secondary N) is 1. The fraction of sp³-hybridized carbons (Fsp3) is 0.500. The van der Waals surface area contributed by atoms with E-state index in [2.05, 4.69) is 9.97 Å². The average molecular weight is 161 g/mol. The summed E-state index contributed by atoms with van der Waals surface area (Å²) in [6.07, 6.45) is 3.93. The molecule has 0 spiro atoms. The molecular weight excluding hydrogens is 152 g/mol. The molecule has 1 aromatic heterocycles. The maximum Gasteiger partial charge on any atom is 0.0921 e. The van der Waals surface area contributed by atoms with Gasteiger partial charge in [0.25, 0.3) is 0 Å². The highest BCUT2D eigenvalue weighted by Crippen LogP contribution is 2.02. The van der Waals surface area contributed by atoms with E-state index in [1.54, 1.807) is 12.5 Å². The molecule has 1 rings (SSSR count). The summed E-state index contributed by atoms with van der Waals surface area (Å²) in [5.74, 6) is 0. The van der Waals surface area contributed by atoms with Gasteiger partial charge in [-0.05, 0) is 0 Å².